The number of hydrogen-bond donors (Lipinski definition) is 1. The van der Waals surface area contributed by atoms with Crippen molar-refractivity contribution in [2.45, 2.75) is 84.3 Å². The normalized spacial score (nSPS) is 14.4. The first kappa shape index (κ1) is 23.4. The third kappa shape index (κ3) is 11.6. The van der Waals surface area contributed by atoms with Crippen LogP contribution in [0.3, 0.4) is 0 Å². The summed E-state index contributed by atoms with van der Waals surface area (Å²) < 4.78 is 34.2. The third-order valence-electron chi connectivity index (χ3n) is 2.67. The monoisotopic (exact) mass is 377 g/mol. The van der Waals surface area contributed by atoms with Crippen LogP contribution in [-0.2, 0) is 24.1 Å². The van der Waals surface area contributed by atoms with E-state index in [1.54, 1.807) is 55.4 Å². The Morgan fingerprint density at radius 1 is 1.00 bits per heavy atom. The molecule has 1 amide bonds. The summed E-state index contributed by atoms with van der Waals surface area (Å²) in [5.41, 5.74) is -1.39. The minimum absolute atomic E-state index is 0.208. The summed E-state index contributed by atoms with van der Waals surface area (Å²) in [4.78, 5) is 23.9. The fourth-order valence-corrected chi connectivity index (χ4v) is 2.27. The minimum atomic E-state index is -3.46. The highest BCUT2D eigenvalue weighted by atomic mass is 32.2. The van der Waals surface area contributed by atoms with Crippen molar-refractivity contribution in [3.8, 4) is 0 Å². The molecule has 0 aromatic heterocycles. The number of ether oxygens (including phenoxy) is 2. The molecule has 0 saturated heterocycles. The smallest absolute Gasteiger partial charge is 0.408 e. The van der Waals surface area contributed by atoms with Crippen molar-refractivity contribution in [3.05, 3.63) is 11.5 Å². The molecule has 0 unspecified atom stereocenters. The lowest BCUT2D eigenvalue weighted by molar-refractivity contribution is -0.155. The van der Waals surface area contributed by atoms with Gasteiger partial charge in [-0.3, -0.25) is 4.79 Å². The molecular weight excluding hydrogens is 346 g/mol. The first-order chi connectivity index (χ1) is 11.0. The molecule has 0 heterocycles. The van der Waals surface area contributed by atoms with Crippen LogP contribution in [0.15, 0.2) is 11.5 Å². The number of hydrogen-bond acceptors (Lipinski definition) is 6. The van der Waals surface area contributed by atoms with Crippen molar-refractivity contribution in [1.82, 2.24) is 5.32 Å². The molecule has 25 heavy (non-hydrogen) atoms. The third-order valence-corrected chi connectivity index (χ3v) is 4.52. The van der Waals surface area contributed by atoms with E-state index < -0.39 is 44.4 Å². The number of sulfone groups is 1. The van der Waals surface area contributed by atoms with Crippen LogP contribution in [0.5, 0.6) is 0 Å². The van der Waals surface area contributed by atoms with Crippen molar-refractivity contribution in [1.29, 1.82) is 0 Å². The molecular formula is C17H31NO6S. The van der Waals surface area contributed by atoms with Gasteiger partial charge in [0.1, 0.15) is 11.2 Å². The van der Waals surface area contributed by atoms with E-state index in [0.29, 0.717) is 0 Å². The fourth-order valence-electron chi connectivity index (χ4n) is 1.55. The molecule has 0 aromatic rings. The predicted molar refractivity (Wildman–Crippen MR) is 96.8 cm³/mol. The molecule has 1 N–H and O–H groups in total. The second-order valence-corrected chi connectivity index (χ2v) is 10.4. The van der Waals surface area contributed by atoms with Crippen LogP contribution >= 0.6 is 0 Å². The highest BCUT2D eigenvalue weighted by molar-refractivity contribution is 7.94. The van der Waals surface area contributed by atoms with Crippen LogP contribution in [0.2, 0.25) is 0 Å². The Morgan fingerprint density at radius 3 is 1.88 bits per heavy atom. The largest absolute Gasteiger partial charge is 0.460 e. The molecule has 146 valence electrons. The van der Waals surface area contributed by atoms with Gasteiger partial charge in [-0.15, -0.1) is 0 Å². The van der Waals surface area contributed by atoms with Gasteiger partial charge in [0, 0.05) is 5.41 Å². The SMILES string of the molecule is CC(C)S(=O)(=O)/C=C/[C@H](CC(=O)OC(C)(C)C)NC(=O)OC(C)(C)C. The molecule has 0 saturated carbocycles. The van der Waals surface area contributed by atoms with E-state index in [2.05, 4.69) is 5.32 Å². The van der Waals surface area contributed by atoms with Gasteiger partial charge in [0.2, 0.25) is 0 Å². The number of carbonyl (C=O) groups is 2. The zero-order chi connectivity index (χ0) is 20.1. The summed E-state index contributed by atoms with van der Waals surface area (Å²) in [6, 6.07) is -0.863. The van der Waals surface area contributed by atoms with Crippen molar-refractivity contribution in [3.63, 3.8) is 0 Å². The fraction of sp³-hybridized carbons (Fsp3) is 0.765. The van der Waals surface area contributed by atoms with Crippen LogP contribution in [0.1, 0.15) is 61.8 Å². The summed E-state index contributed by atoms with van der Waals surface area (Å²) in [6.45, 7) is 13.4. The van der Waals surface area contributed by atoms with Crippen molar-refractivity contribution >= 4 is 21.9 Å². The quantitative estimate of drug-likeness (QED) is 0.715. The summed E-state index contributed by atoms with van der Waals surface area (Å²) in [7, 11) is -3.46. The molecule has 0 radical (unpaired) electrons. The first-order valence-electron chi connectivity index (χ1n) is 8.15. The minimum Gasteiger partial charge on any atom is -0.460 e. The molecule has 1 atom stereocenters. The second-order valence-electron chi connectivity index (χ2n) is 8.01. The lowest BCUT2D eigenvalue weighted by atomic mass is 10.1. The van der Waals surface area contributed by atoms with Gasteiger partial charge >= 0.3 is 12.1 Å². The van der Waals surface area contributed by atoms with Crippen molar-refractivity contribution in [2.24, 2.45) is 0 Å². The molecule has 8 heteroatoms. The van der Waals surface area contributed by atoms with E-state index in [4.69, 9.17) is 9.47 Å². The lowest BCUT2D eigenvalue weighted by Crippen LogP contribution is -2.40. The maximum atomic E-state index is 12.0. The van der Waals surface area contributed by atoms with E-state index >= 15 is 0 Å². The van der Waals surface area contributed by atoms with Gasteiger partial charge in [0.15, 0.2) is 9.84 Å². The lowest BCUT2D eigenvalue weighted by Gasteiger charge is -2.24. The van der Waals surface area contributed by atoms with E-state index in [0.717, 1.165) is 5.41 Å². The summed E-state index contributed by atoms with van der Waals surface area (Å²) in [6.07, 6.45) is 0.316. The van der Waals surface area contributed by atoms with E-state index in [-0.39, 0.29) is 6.42 Å². The first-order valence-corrected chi connectivity index (χ1v) is 9.76. The zero-order valence-electron chi connectivity index (χ0n) is 16.4. The van der Waals surface area contributed by atoms with E-state index in [1.165, 1.54) is 6.08 Å². The maximum Gasteiger partial charge on any atom is 0.408 e. The van der Waals surface area contributed by atoms with Crippen LogP contribution < -0.4 is 5.32 Å². The van der Waals surface area contributed by atoms with E-state index in [1.807, 2.05) is 0 Å². The Bertz CT molecular complexity index is 564. The maximum absolute atomic E-state index is 12.0. The standard InChI is InChI=1S/C17H31NO6S/c1-12(2)25(21,22)10-9-13(11-14(19)23-16(3,4)5)18-15(20)24-17(6,7)8/h9-10,12-13H,11H2,1-8H3,(H,18,20)/b10-9+/t13-/m1/s1. The summed E-state index contributed by atoms with van der Waals surface area (Å²) in [5, 5.41) is 2.89. The number of alkyl carbamates (subject to hydrolysis) is 1. The Hall–Kier alpha value is -1.57. The highest BCUT2D eigenvalue weighted by Crippen LogP contribution is 2.12. The van der Waals surface area contributed by atoms with Gasteiger partial charge in [0.25, 0.3) is 0 Å². The van der Waals surface area contributed by atoms with Gasteiger partial charge in [-0.1, -0.05) is 6.08 Å². The van der Waals surface area contributed by atoms with Gasteiger partial charge in [-0.2, -0.15) is 0 Å². The number of amides is 1. The average molecular weight is 378 g/mol. The average Bonchev–Trinajstić information content (AvgIpc) is 2.30. The number of rotatable bonds is 6. The number of nitrogens with one attached hydrogen (secondary N) is 1. The summed E-state index contributed by atoms with van der Waals surface area (Å²) in [5.74, 6) is -0.555. The Balaban J connectivity index is 5.21. The Kier molecular flexibility index (Phi) is 8.14. The zero-order valence-corrected chi connectivity index (χ0v) is 17.2. The predicted octanol–water partition coefficient (Wildman–Crippen LogP) is 2.95. The second kappa shape index (κ2) is 8.69. The molecule has 0 aliphatic heterocycles. The van der Waals surface area contributed by atoms with Crippen LogP contribution in [-0.4, -0.2) is 43.0 Å². The van der Waals surface area contributed by atoms with Gasteiger partial charge in [-0.05, 0) is 55.4 Å². The molecule has 0 spiro atoms. The molecule has 0 aliphatic rings. The number of carbonyl (C=O) groups excluding carboxylic acids is 2. The Morgan fingerprint density at radius 2 is 1.48 bits per heavy atom. The number of esters is 1. The van der Waals surface area contributed by atoms with Gasteiger partial charge < -0.3 is 14.8 Å². The van der Waals surface area contributed by atoms with Crippen LogP contribution in [0.25, 0.3) is 0 Å². The Labute approximate surface area is 151 Å². The molecule has 0 fully saturated rings. The molecule has 0 bridgehead atoms. The molecule has 0 aliphatic carbocycles. The topological polar surface area (TPSA) is 98.8 Å². The molecule has 7 nitrogen and oxygen atoms in total. The van der Waals surface area contributed by atoms with Crippen LogP contribution in [0.4, 0.5) is 4.79 Å². The molecule has 0 aromatic carbocycles. The van der Waals surface area contributed by atoms with Crippen molar-refractivity contribution < 1.29 is 27.5 Å². The highest BCUT2D eigenvalue weighted by Gasteiger charge is 2.24. The van der Waals surface area contributed by atoms with E-state index in [9.17, 15) is 18.0 Å². The molecule has 0 rings (SSSR count). The van der Waals surface area contributed by atoms with Gasteiger partial charge in [-0.25, -0.2) is 13.2 Å². The summed E-state index contributed by atoms with van der Waals surface area (Å²) >= 11 is 0. The van der Waals surface area contributed by atoms with Gasteiger partial charge in [0.05, 0.1) is 17.7 Å². The van der Waals surface area contributed by atoms with Crippen molar-refractivity contribution in [2.75, 3.05) is 0 Å². The van der Waals surface area contributed by atoms with Crippen LogP contribution in [0, 0.1) is 0 Å².